The lowest BCUT2D eigenvalue weighted by atomic mass is 10.2. The van der Waals surface area contributed by atoms with Gasteiger partial charge in [-0.1, -0.05) is 6.07 Å². The predicted molar refractivity (Wildman–Crippen MR) is 67.4 cm³/mol. The number of phenols is 1. The molecule has 1 aromatic carbocycles. The number of rotatable bonds is 3. The van der Waals surface area contributed by atoms with E-state index >= 15 is 0 Å². The Hall–Kier alpha value is -2.76. The molecule has 1 heterocycles. The molecule has 0 saturated carbocycles. The summed E-state index contributed by atoms with van der Waals surface area (Å²) in [7, 11) is 0. The fourth-order valence-corrected chi connectivity index (χ4v) is 1.32. The fraction of sp³-hybridized carbons (Fsp3) is 0. The van der Waals surface area contributed by atoms with E-state index in [9.17, 15) is 9.18 Å². The molecule has 0 aliphatic carbocycles. The molecule has 1 aromatic heterocycles. The van der Waals surface area contributed by atoms with Gasteiger partial charge in [0.1, 0.15) is 5.69 Å². The Balaban J connectivity index is 2.00. The second-order valence-electron chi connectivity index (χ2n) is 3.62. The molecular formula is C13H10FN3O2. The third kappa shape index (κ3) is 3.35. The number of nitrogens with zero attached hydrogens (tertiary/aromatic N) is 2. The van der Waals surface area contributed by atoms with Crippen molar-refractivity contribution in [3.63, 3.8) is 0 Å². The number of aromatic hydroxyl groups is 1. The Kier molecular flexibility index (Phi) is 3.82. The third-order valence-electron chi connectivity index (χ3n) is 2.25. The zero-order chi connectivity index (χ0) is 13.7. The van der Waals surface area contributed by atoms with Crippen molar-refractivity contribution in [1.29, 1.82) is 0 Å². The normalized spacial score (nSPS) is 10.6. The van der Waals surface area contributed by atoms with Crippen LogP contribution in [-0.2, 0) is 0 Å². The van der Waals surface area contributed by atoms with Crippen molar-refractivity contribution >= 4 is 12.1 Å². The largest absolute Gasteiger partial charge is 0.505 e. The highest BCUT2D eigenvalue weighted by Crippen LogP contribution is 2.14. The summed E-state index contributed by atoms with van der Waals surface area (Å²) >= 11 is 0. The topological polar surface area (TPSA) is 74.6 Å². The number of carbonyl (C=O) groups is 1. The number of hydrogen-bond donors (Lipinski definition) is 2. The maximum Gasteiger partial charge on any atom is 0.289 e. The van der Waals surface area contributed by atoms with E-state index in [-0.39, 0.29) is 5.69 Å². The van der Waals surface area contributed by atoms with Gasteiger partial charge in [0, 0.05) is 6.20 Å². The summed E-state index contributed by atoms with van der Waals surface area (Å²) in [5.74, 6) is -1.65. The molecule has 2 aromatic rings. The molecule has 2 rings (SSSR count). The molecule has 1 amide bonds. The van der Waals surface area contributed by atoms with Crippen LogP contribution in [0.2, 0.25) is 0 Å². The number of phenolic OH excluding ortho intramolecular Hbond substituents is 1. The Morgan fingerprint density at radius 3 is 2.89 bits per heavy atom. The van der Waals surface area contributed by atoms with Crippen LogP contribution in [0.5, 0.6) is 5.75 Å². The van der Waals surface area contributed by atoms with Gasteiger partial charge in [0.05, 0.1) is 6.21 Å². The molecule has 0 aliphatic rings. The minimum Gasteiger partial charge on any atom is -0.505 e. The van der Waals surface area contributed by atoms with Gasteiger partial charge in [-0.3, -0.25) is 9.78 Å². The van der Waals surface area contributed by atoms with Crippen molar-refractivity contribution < 1.29 is 14.3 Å². The molecule has 19 heavy (non-hydrogen) atoms. The number of halogens is 1. The number of hydrogen-bond acceptors (Lipinski definition) is 4. The van der Waals surface area contributed by atoms with Gasteiger partial charge in [0.15, 0.2) is 11.6 Å². The van der Waals surface area contributed by atoms with Crippen molar-refractivity contribution in [3.05, 3.63) is 59.7 Å². The molecule has 0 unspecified atom stereocenters. The van der Waals surface area contributed by atoms with Crippen molar-refractivity contribution in [3.8, 4) is 5.75 Å². The van der Waals surface area contributed by atoms with Gasteiger partial charge in [-0.15, -0.1) is 0 Å². The van der Waals surface area contributed by atoms with E-state index in [1.807, 2.05) is 0 Å². The molecule has 6 heteroatoms. The number of aromatic nitrogens is 1. The van der Waals surface area contributed by atoms with E-state index in [0.717, 1.165) is 6.07 Å². The molecule has 0 atom stereocenters. The van der Waals surface area contributed by atoms with Gasteiger partial charge in [0.25, 0.3) is 5.91 Å². The van der Waals surface area contributed by atoms with Crippen LogP contribution >= 0.6 is 0 Å². The molecule has 0 fully saturated rings. The lowest BCUT2D eigenvalue weighted by Crippen LogP contribution is -2.18. The average molecular weight is 259 g/mol. The van der Waals surface area contributed by atoms with Crippen LogP contribution in [0.1, 0.15) is 16.1 Å². The standard InChI is InChI=1S/C13H10FN3O2/c14-10-7-9(4-5-12(10)18)8-16-17-13(19)11-3-1-2-6-15-11/h1-8,18H,(H,17,19)/b16-8+. The molecular weight excluding hydrogens is 249 g/mol. The first-order chi connectivity index (χ1) is 9.16. The SMILES string of the molecule is O=C(N/N=C/c1ccc(O)c(F)c1)c1ccccn1. The number of amides is 1. The molecule has 96 valence electrons. The fourth-order valence-electron chi connectivity index (χ4n) is 1.32. The summed E-state index contributed by atoms with van der Waals surface area (Å²) in [6.45, 7) is 0. The number of carbonyl (C=O) groups excluding carboxylic acids is 1. The lowest BCUT2D eigenvalue weighted by Gasteiger charge is -1.99. The molecule has 2 N–H and O–H groups in total. The smallest absolute Gasteiger partial charge is 0.289 e. The first kappa shape index (κ1) is 12.7. The lowest BCUT2D eigenvalue weighted by molar-refractivity contribution is 0.0950. The summed E-state index contributed by atoms with van der Waals surface area (Å²) in [5.41, 5.74) is 2.91. The molecule has 0 saturated heterocycles. The van der Waals surface area contributed by atoms with E-state index < -0.39 is 17.5 Å². The third-order valence-corrected chi connectivity index (χ3v) is 2.25. The van der Waals surface area contributed by atoms with Gasteiger partial charge >= 0.3 is 0 Å². The summed E-state index contributed by atoms with van der Waals surface area (Å²) in [6.07, 6.45) is 2.76. The van der Waals surface area contributed by atoms with E-state index in [0.29, 0.717) is 5.56 Å². The first-order valence-corrected chi connectivity index (χ1v) is 5.40. The Labute approximate surface area is 108 Å². The minimum absolute atomic E-state index is 0.233. The second kappa shape index (κ2) is 5.72. The highest BCUT2D eigenvalue weighted by atomic mass is 19.1. The summed E-state index contributed by atoms with van der Waals surface area (Å²) in [6, 6.07) is 8.70. The van der Waals surface area contributed by atoms with Crippen LogP contribution < -0.4 is 5.43 Å². The number of hydrazone groups is 1. The van der Waals surface area contributed by atoms with Crippen molar-refractivity contribution in [2.75, 3.05) is 0 Å². The molecule has 5 nitrogen and oxygen atoms in total. The van der Waals surface area contributed by atoms with Crippen molar-refractivity contribution in [2.45, 2.75) is 0 Å². The Morgan fingerprint density at radius 2 is 2.21 bits per heavy atom. The summed E-state index contributed by atoms with van der Waals surface area (Å²) in [5, 5.41) is 12.7. The van der Waals surface area contributed by atoms with Crippen LogP contribution in [0.15, 0.2) is 47.7 Å². The maximum atomic E-state index is 13.0. The van der Waals surface area contributed by atoms with Crippen LogP contribution in [0.25, 0.3) is 0 Å². The van der Waals surface area contributed by atoms with E-state index in [4.69, 9.17) is 5.11 Å². The summed E-state index contributed by atoms with van der Waals surface area (Å²) < 4.78 is 13.0. The molecule has 0 bridgehead atoms. The van der Waals surface area contributed by atoms with Crippen molar-refractivity contribution in [1.82, 2.24) is 10.4 Å². The monoisotopic (exact) mass is 259 g/mol. The number of pyridine rings is 1. The summed E-state index contributed by atoms with van der Waals surface area (Å²) in [4.78, 5) is 15.4. The zero-order valence-corrected chi connectivity index (χ0v) is 9.75. The minimum atomic E-state index is -0.750. The highest BCUT2D eigenvalue weighted by Gasteiger charge is 2.04. The number of benzene rings is 1. The van der Waals surface area contributed by atoms with Crippen LogP contribution in [0.4, 0.5) is 4.39 Å². The second-order valence-corrected chi connectivity index (χ2v) is 3.62. The predicted octanol–water partition coefficient (Wildman–Crippen LogP) is 1.69. The average Bonchev–Trinajstić information content (AvgIpc) is 2.43. The van der Waals surface area contributed by atoms with Gasteiger partial charge in [0.2, 0.25) is 0 Å². The zero-order valence-electron chi connectivity index (χ0n) is 9.75. The van der Waals surface area contributed by atoms with Crippen LogP contribution in [0.3, 0.4) is 0 Å². The van der Waals surface area contributed by atoms with Crippen LogP contribution in [0, 0.1) is 5.82 Å². The van der Waals surface area contributed by atoms with Gasteiger partial charge in [-0.05, 0) is 35.9 Å². The van der Waals surface area contributed by atoms with Crippen LogP contribution in [-0.4, -0.2) is 22.2 Å². The van der Waals surface area contributed by atoms with Gasteiger partial charge < -0.3 is 5.11 Å². The van der Waals surface area contributed by atoms with E-state index in [1.165, 1.54) is 24.5 Å². The molecule has 0 radical (unpaired) electrons. The highest BCUT2D eigenvalue weighted by molar-refractivity contribution is 5.93. The maximum absolute atomic E-state index is 13.0. The quantitative estimate of drug-likeness (QED) is 0.650. The number of nitrogens with one attached hydrogen (secondary N) is 1. The molecule has 0 spiro atoms. The Morgan fingerprint density at radius 1 is 1.37 bits per heavy atom. The van der Waals surface area contributed by atoms with Gasteiger partial charge in [-0.2, -0.15) is 5.10 Å². The van der Waals surface area contributed by atoms with Gasteiger partial charge in [-0.25, -0.2) is 9.82 Å². The van der Waals surface area contributed by atoms with Crippen molar-refractivity contribution in [2.24, 2.45) is 5.10 Å². The Bertz CT molecular complexity index is 615. The molecule has 0 aliphatic heterocycles. The first-order valence-electron chi connectivity index (χ1n) is 5.40. The van der Waals surface area contributed by atoms with E-state index in [1.54, 1.807) is 18.2 Å². The van der Waals surface area contributed by atoms with E-state index in [2.05, 4.69) is 15.5 Å².